The summed E-state index contributed by atoms with van der Waals surface area (Å²) in [6.45, 7) is 0. The second kappa shape index (κ2) is 5.80. The Morgan fingerprint density at radius 2 is 1.89 bits per heavy atom. The lowest BCUT2D eigenvalue weighted by Crippen LogP contribution is -2.14. The van der Waals surface area contributed by atoms with E-state index in [-0.39, 0.29) is 5.84 Å². The van der Waals surface area contributed by atoms with Gasteiger partial charge in [-0.2, -0.15) is 0 Å². The van der Waals surface area contributed by atoms with Crippen molar-refractivity contribution in [2.45, 2.75) is 9.79 Å². The molecule has 0 aliphatic heterocycles. The Labute approximate surface area is 114 Å². The highest BCUT2D eigenvalue weighted by molar-refractivity contribution is 7.99. The third-order valence-electron chi connectivity index (χ3n) is 2.30. The number of rotatable bonds is 3. The lowest BCUT2D eigenvalue weighted by atomic mass is 10.2. The van der Waals surface area contributed by atoms with Gasteiger partial charge in [-0.3, -0.25) is 0 Å². The fraction of sp³-hybridized carbons (Fsp3) is 0. The van der Waals surface area contributed by atoms with Crippen LogP contribution >= 0.6 is 23.4 Å². The molecule has 0 saturated carbocycles. The zero-order valence-electron chi connectivity index (χ0n) is 9.38. The highest BCUT2D eigenvalue weighted by atomic mass is 35.5. The van der Waals surface area contributed by atoms with Crippen molar-refractivity contribution in [1.82, 2.24) is 0 Å². The summed E-state index contributed by atoms with van der Waals surface area (Å²) in [5, 5.41) is 12.4. The van der Waals surface area contributed by atoms with E-state index in [1.54, 1.807) is 12.1 Å². The fourth-order valence-electron chi connectivity index (χ4n) is 1.46. The second-order valence-corrected chi connectivity index (χ2v) is 5.09. The molecule has 0 bridgehead atoms. The van der Waals surface area contributed by atoms with Crippen molar-refractivity contribution in [1.29, 1.82) is 0 Å². The van der Waals surface area contributed by atoms with Gasteiger partial charge in [0.15, 0.2) is 5.84 Å². The van der Waals surface area contributed by atoms with E-state index in [1.165, 1.54) is 11.8 Å². The lowest BCUT2D eigenvalue weighted by Gasteiger charge is -2.08. The normalized spacial score (nSPS) is 11.5. The van der Waals surface area contributed by atoms with Crippen LogP contribution in [0.4, 0.5) is 0 Å². The van der Waals surface area contributed by atoms with E-state index in [2.05, 4.69) is 5.16 Å². The van der Waals surface area contributed by atoms with Crippen LogP contribution in [0.3, 0.4) is 0 Å². The molecule has 3 N–H and O–H groups in total. The van der Waals surface area contributed by atoms with Crippen molar-refractivity contribution < 1.29 is 5.21 Å². The molecule has 3 nitrogen and oxygen atoms in total. The first kappa shape index (κ1) is 12.8. The molecular weight excluding hydrogens is 268 g/mol. The Balaban J connectivity index is 2.39. The maximum absolute atomic E-state index is 8.78. The summed E-state index contributed by atoms with van der Waals surface area (Å²) in [5.74, 6) is 0.0518. The summed E-state index contributed by atoms with van der Waals surface area (Å²) in [4.78, 5) is 1.97. The van der Waals surface area contributed by atoms with Crippen LogP contribution in [-0.2, 0) is 0 Å². The zero-order valence-corrected chi connectivity index (χ0v) is 10.9. The third-order valence-corrected chi connectivity index (χ3v) is 3.62. The first-order chi connectivity index (χ1) is 8.70. The van der Waals surface area contributed by atoms with E-state index >= 15 is 0 Å². The van der Waals surface area contributed by atoms with Gasteiger partial charge in [0.2, 0.25) is 0 Å². The van der Waals surface area contributed by atoms with Crippen molar-refractivity contribution >= 4 is 29.2 Å². The summed E-state index contributed by atoms with van der Waals surface area (Å²) in [5.41, 5.74) is 6.27. The molecule has 0 aliphatic rings. The van der Waals surface area contributed by atoms with Crippen LogP contribution in [0, 0.1) is 0 Å². The molecule has 2 rings (SSSR count). The van der Waals surface area contributed by atoms with Crippen molar-refractivity contribution in [3.05, 3.63) is 59.1 Å². The van der Waals surface area contributed by atoms with Gasteiger partial charge in [-0.05, 0) is 30.3 Å². The van der Waals surface area contributed by atoms with Crippen LogP contribution in [0.25, 0.3) is 0 Å². The standard InChI is InChI=1S/C13H11ClN2OS/c14-9-6-7-12(11(8-9)13(15)16-17)18-10-4-2-1-3-5-10/h1-8,17H,(H2,15,16). The first-order valence-corrected chi connectivity index (χ1v) is 6.40. The molecule has 0 spiro atoms. The largest absolute Gasteiger partial charge is 0.409 e. The van der Waals surface area contributed by atoms with E-state index in [4.69, 9.17) is 22.5 Å². The smallest absolute Gasteiger partial charge is 0.171 e. The molecule has 0 saturated heterocycles. The molecule has 0 unspecified atom stereocenters. The average Bonchev–Trinajstić information content (AvgIpc) is 2.41. The Hall–Kier alpha value is -1.65. The van der Waals surface area contributed by atoms with Gasteiger partial charge in [-0.15, -0.1) is 0 Å². The molecule has 0 heterocycles. The van der Waals surface area contributed by atoms with E-state index in [0.29, 0.717) is 10.6 Å². The fourth-order valence-corrected chi connectivity index (χ4v) is 2.59. The Morgan fingerprint density at radius 3 is 2.56 bits per heavy atom. The van der Waals surface area contributed by atoms with Crippen LogP contribution in [0.1, 0.15) is 5.56 Å². The number of halogens is 1. The maximum atomic E-state index is 8.78. The number of amidine groups is 1. The highest BCUT2D eigenvalue weighted by Gasteiger charge is 2.09. The Morgan fingerprint density at radius 1 is 1.17 bits per heavy atom. The van der Waals surface area contributed by atoms with Gasteiger partial charge in [0.05, 0.1) is 0 Å². The average molecular weight is 279 g/mol. The van der Waals surface area contributed by atoms with Crippen LogP contribution in [0.15, 0.2) is 63.5 Å². The van der Waals surface area contributed by atoms with E-state index in [1.807, 2.05) is 36.4 Å². The molecule has 92 valence electrons. The lowest BCUT2D eigenvalue weighted by molar-refractivity contribution is 0.318. The van der Waals surface area contributed by atoms with E-state index in [9.17, 15) is 0 Å². The molecular formula is C13H11ClN2OS. The molecule has 0 fully saturated rings. The van der Waals surface area contributed by atoms with Crippen molar-refractivity contribution in [3.63, 3.8) is 0 Å². The quantitative estimate of drug-likeness (QED) is 0.390. The topological polar surface area (TPSA) is 58.6 Å². The van der Waals surface area contributed by atoms with E-state index < -0.39 is 0 Å². The predicted octanol–water partition coefficient (Wildman–Crippen LogP) is 3.59. The minimum atomic E-state index is 0.0518. The first-order valence-electron chi connectivity index (χ1n) is 5.21. The van der Waals surface area contributed by atoms with Crippen LogP contribution in [0.5, 0.6) is 0 Å². The molecule has 5 heteroatoms. The minimum absolute atomic E-state index is 0.0518. The summed E-state index contributed by atoms with van der Waals surface area (Å²) in [6.07, 6.45) is 0. The third kappa shape index (κ3) is 2.97. The predicted molar refractivity (Wildman–Crippen MR) is 74.5 cm³/mol. The van der Waals surface area contributed by atoms with Gasteiger partial charge in [0.1, 0.15) is 0 Å². The second-order valence-electron chi connectivity index (χ2n) is 3.54. The molecule has 2 aromatic rings. The van der Waals surface area contributed by atoms with Crippen LogP contribution < -0.4 is 5.73 Å². The molecule has 0 aliphatic carbocycles. The highest BCUT2D eigenvalue weighted by Crippen LogP contribution is 2.31. The summed E-state index contributed by atoms with van der Waals surface area (Å²) in [7, 11) is 0. The van der Waals surface area contributed by atoms with E-state index in [0.717, 1.165) is 9.79 Å². The number of hydrogen-bond acceptors (Lipinski definition) is 3. The summed E-state index contributed by atoms with van der Waals surface area (Å²) < 4.78 is 0. The summed E-state index contributed by atoms with van der Waals surface area (Å²) >= 11 is 7.46. The number of nitrogens with two attached hydrogens (primary N) is 1. The van der Waals surface area contributed by atoms with Gasteiger partial charge in [0.25, 0.3) is 0 Å². The number of nitrogens with zero attached hydrogens (tertiary/aromatic N) is 1. The molecule has 0 aromatic heterocycles. The van der Waals surface area contributed by atoms with Gasteiger partial charge >= 0.3 is 0 Å². The number of oxime groups is 1. The molecule has 18 heavy (non-hydrogen) atoms. The zero-order chi connectivity index (χ0) is 13.0. The van der Waals surface area contributed by atoms with Crippen molar-refractivity contribution in [3.8, 4) is 0 Å². The number of hydrogen-bond donors (Lipinski definition) is 2. The molecule has 0 atom stereocenters. The Bertz CT molecular complexity index is 572. The van der Waals surface area contributed by atoms with Gasteiger partial charge in [-0.1, -0.05) is 46.7 Å². The van der Waals surface area contributed by atoms with Crippen LogP contribution in [0.2, 0.25) is 5.02 Å². The summed E-state index contributed by atoms with van der Waals surface area (Å²) in [6, 6.07) is 15.2. The Kier molecular flexibility index (Phi) is 4.12. The van der Waals surface area contributed by atoms with Crippen molar-refractivity contribution in [2.24, 2.45) is 10.9 Å². The molecule has 2 aromatic carbocycles. The molecule has 0 amide bonds. The SMILES string of the molecule is NC(=NO)c1cc(Cl)ccc1Sc1ccccc1. The number of benzene rings is 2. The molecule has 0 radical (unpaired) electrons. The van der Waals surface area contributed by atoms with Crippen LogP contribution in [-0.4, -0.2) is 11.0 Å². The van der Waals surface area contributed by atoms with Gasteiger partial charge in [0, 0.05) is 20.4 Å². The monoisotopic (exact) mass is 278 g/mol. The van der Waals surface area contributed by atoms with Gasteiger partial charge < -0.3 is 10.9 Å². The minimum Gasteiger partial charge on any atom is -0.409 e. The van der Waals surface area contributed by atoms with Crippen molar-refractivity contribution in [2.75, 3.05) is 0 Å². The maximum Gasteiger partial charge on any atom is 0.171 e. The van der Waals surface area contributed by atoms with Gasteiger partial charge in [-0.25, -0.2) is 0 Å².